The van der Waals surface area contributed by atoms with Gasteiger partial charge in [-0.05, 0) is 17.7 Å². The van der Waals surface area contributed by atoms with E-state index in [1.807, 2.05) is 36.4 Å². The summed E-state index contributed by atoms with van der Waals surface area (Å²) in [6, 6.07) is 16.0. The Morgan fingerprint density at radius 3 is 2.53 bits per heavy atom. The van der Waals surface area contributed by atoms with Crippen molar-refractivity contribution < 1.29 is 0 Å². The van der Waals surface area contributed by atoms with Crippen molar-refractivity contribution in [2.45, 2.75) is 6.42 Å². The summed E-state index contributed by atoms with van der Waals surface area (Å²) in [6.45, 7) is 0. The van der Waals surface area contributed by atoms with Gasteiger partial charge >= 0.3 is 0 Å². The van der Waals surface area contributed by atoms with Crippen LogP contribution in [0.15, 0.2) is 48.5 Å². The molecule has 3 nitrogen and oxygen atoms in total. The minimum absolute atomic E-state index is 0.698. The molecule has 2 aromatic rings. The van der Waals surface area contributed by atoms with E-state index >= 15 is 0 Å². The number of anilines is 1. The minimum Gasteiger partial charge on any atom is -0.308 e. The van der Waals surface area contributed by atoms with E-state index in [-0.39, 0.29) is 0 Å². The highest BCUT2D eigenvalue weighted by atomic mass is 15.2. The summed E-state index contributed by atoms with van der Waals surface area (Å²) in [7, 11) is 0. The number of pyridine rings is 1. The number of aromatic nitrogens is 1. The Kier molecular flexibility index (Phi) is 2.95. The van der Waals surface area contributed by atoms with Gasteiger partial charge in [-0.15, -0.1) is 0 Å². The third kappa shape index (κ3) is 2.54. The molecule has 0 bridgehead atoms. The van der Waals surface area contributed by atoms with Crippen LogP contribution in [-0.4, -0.2) is 4.98 Å². The topological polar surface area (TPSA) is 50.9 Å². The number of nitrogens with one attached hydrogen (secondary N) is 1. The summed E-state index contributed by atoms with van der Waals surface area (Å²) >= 11 is 0. The van der Waals surface area contributed by atoms with Crippen molar-refractivity contribution in [2.24, 2.45) is 5.84 Å². The zero-order valence-electron chi connectivity index (χ0n) is 8.35. The van der Waals surface area contributed by atoms with Crippen LogP contribution in [0.1, 0.15) is 11.3 Å². The predicted molar refractivity (Wildman–Crippen MR) is 61.3 cm³/mol. The fourth-order valence-electron chi connectivity index (χ4n) is 1.46. The van der Waals surface area contributed by atoms with Crippen molar-refractivity contribution in [3.63, 3.8) is 0 Å². The van der Waals surface area contributed by atoms with Crippen LogP contribution in [0, 0.1) is 0 Å². The van der Waals surface area contributed by atoms with Crippen LogP contribution in [0.4, 0.5) is 5.82 Å². The summed E-state index contributed by atoms with van der Waals surface area (Å²) < 4.78 is 0. The zero-order chi connectivity index (χ0) is 10.5. The maximum absolute atomic E-state index is 5.30. The van der Waals surface area contributed by atoms with Crippen LogP contribution in [0.2, 0.25) is 0 Å². The molecule has 0 aliphatic carbocycles. The van der Waals surface area contributed by atoms with Crippen molar-refractivity contribution in [1.29, 1.82) is 0 Å². The number of benzene rings is 1. The van der Waals surface area contributed by atoms with Gasteiger partial charge in [0.05, 0.1) is 0 Å². The highest BCUT2D eigenvalue weighted by Gasteiger charge is 1.97. The molecule has 0 fully saturated rings. The van der Waals surface area contributed by atoms with Gasteiger partial charge in [0.25, 0.3) is 0 Å². The maximum atomic E-state index is 5.30. The van der Waals surface area contributed by atoms with E-state index in [1.165, 1.54) is 5.56 Å². The molecule has 0 saturated carbocycles. The van der Waals surface area contributed by atoms with E-state index in [4.69, 9.17) is 5.84 Å². The van der Waals surface area contributed by atoms with Crippen LogP contribution in [0.25, 0.3) is 0 Å². The van der Waals surface area contributed by atoms with Crippen molar-refractivity contribution in [2.75, 3.05) is 5.43 Å². The molecule has 0 aliphatic rings. The van der Waals surface area contributed by atoms with Crippen LogP contribution < -0.4 is 11.3 Å². The lowest BCUT2D eigenvalue weighted by molar-refractivity contribution is 1.06. The molecule has 0 unspecified atom stereocenters. The quantitative estimate of drug-likeness (QED) is 0.587. The van der Waals surface area contributed by atoms with Gasteiger partial charge in [-0.25, -0.2) is 10.8 Å². The first-order valence-corrected chi connectivity index (χ1v) is 4.85. The largest absolute Gasteiger partial charge is 0.308 e. The Labute approximate surface area is 88.9 Å². The summed E-state index contributed by atoms with van der Waals surface area (Å²) in [4.78, 5) is 4.35. The lowest BCUT2D eigenvalue weighted by Crippen LogP contribution is -2.09. The molecule has 0 amide bonds. The average Bonchev–Trinajstić information content (AvgIpc) is 2.31. The monoisotopic (exact) mass is 199 g/mol. The molecule has 1 aromatic heterocycles. The van der Waals surface area contributed by atoms with Crippen molar-refractivity contribution >= 4 is 5.82 Å². The molecule has 3 heteroatoms. The minimum atomic E-state index is 0.698. The van der Waals surface area contributed by atoms with Crippen molar-refractivity contribution in [1.82, 2.24) is 4.98 Å². The van der Waals surface area contributed by atoms with Crippen LogP contribution >= 0.6 is 0 Å². The molecule has 1 heterocycles. The fraction of sp³-hybridized carbons (Fsp3) is 0.0833. The highest BCUT2D eigenvalue weighted by Crippen LogP contribution is 2.09. The molecule has 0 spiro atoms. The van der Waals surface area contributed by atoms with E-state index in [2.05, 4.69) is 22.5 Å². The SMILES string of the molecule is NNc1cccc(Cc2ccccc2)n1. The predicted octanol–water partition coefficient (Wildman–Crippen LogP) is 1.96. The summed E-state index contributed by atoms with van der Waals surface area (Å²) in [6.07, 6.45) is 0.830. The summed E-state index contributed by atoms with van der Waals surface area (Å²) in [5.74, 6) is 6.00. The lowest BCUT2D eigenvalue weighted by atomic mass is 10.1. The first-order valence-electron chi connectivity index (χ1n) is 4.85. The summed E-state index contributed by atoms with van der Waals surface area (Å²) in [5.41, 5.74) is 4.80. The van der Waals surface area contributed by atoms with Gasteiger partial charge in [-0.2, -0.15) is 0 Å². The molecule has 2 rings (SSSR count). The number of nitrogens with two attached hydrogens (primary N) is 1. The third-order valence-corrected chi connectivity index (χ3v) is 2.18. The van der Waals surface area contributed by atoms with Gasteiger partial charge in [0.1, 0.15) is 5.82 Å². The highest BCUT2D eigenvalue weighted by molar-refractivity contribution is 5.34. The van der Waals surface area contributed by atoms with E-state index < -0.39 is 0 Å². The second-order valence-corrected chi connectivity index (χ2v) is 3.32. The molecular weight excluding hydrogens is 186 g/mol. The number of rotatable bonds is 3. The van der Waals surface area contributed by atoms with Crippen LogP contribution in [0.5, 0.6) is 0 Å². The molecule has 0 atom stereocenters. The Balaban J connectivity index is 2.17. The lowest BCUT2D eigenvalue weighted by Gasteiger charge is -2.03. The smallest absolute Gasteiger partial charge is 0.140 e. The summed E-state index contributed by atoms with van der Waals surface area (Å²) in [5, 5.41) is 0. The van der Waals surface area contributed by atoms with E-state index in [9.17, 15) is 0 Å². The van der Waals surface area contributed by atoms with Gasteiger partial charge < -0.3 is 5.43 Å². The molecule has 3 N–H and O–H groups in total. The third-order valence-electron chi connectivity index (χ3n) is 2.18. The van der Waals surface area contributed by atoms with Crippen molar-refractivity contribution in [3.05, 3.63) is 59.8 Å². The Morgan fingerprint density at radius 1 is 1.00 bits per heavy atom. The average molecular weight is 199 g/mol. The Hall–Kier alpha value is -1.87. The number of nitrogens with zero attached hydrogens (tertiary/aromatic N) is 1. The molecule has 0 radical (unpaired) electrons. The van der Waals surface area contributed by atoms with E-state index in [0.717, 1.165) is 12.1 Å². The van der Waals surface area contributed by atoms with Crippen molar-refractivity contribution in [3.8, 4) is 0 Å². The number of hydrazine groups is 1. The molecule has 1 aromatic carbocycles. The molecule has 0 aliphatic heterocycles. The standard InChI is InChI=1S/C12H13N3/c13-15-12-8-4-7-11(14-12)9-10-5-2-1-3-6-10/h1-8H,9,13H2,(H,14,15). The number of hydrogen-bond acceptors (Lipinski definition) is 3. The van der Waals surface area contributed by atoms with Crippen LogP contribution in [-0.2, 0) is 6.42 Å². The Bertz CT molecular complexity index is 426. The zero-order valence-corrected chi connectivity index (χ0v) is 8.35. The first-order chi connectivity index (χ1) is 7.38. The second-order valence-electron chi connectivity index (χ2n) is 3.32. The van der Waals surface area contributed by atoms with E-state index in [0.29, 0.717) is 5.82 Å². The van der Waals surface area contributed by atoms with Gasteiger partial charge in [0.2, 0.25) is 0 Å². The van der Waals surface area contributed by atoms with Crippen LogP contribution in [0.3, 0.4) is 0 Å². The molecule has 0 saturated heterocycles. The maximum Gasteiger partial charge on any atom is 0.140 e. The fourth-order valence-corrected chi connectivity index (χ4v) is 1.46. The molecular formula is C12H13N3. The van der Waals surface area contributed by atoms with Gasteiger partial charge in [-0.3, -0.25) is 0 Å². The second kappa shape index (κ2) is 4.57. The van der Waals surface area contributed by atoms with Gasteiger partial charge in [0, 0.05) is 12.1 Å². The first kappa shape index (κ1) is 9.68. The van der Waals surface area contributed by atoms with Gasteiger partial charge in [0.15, 0.2) is 0 Å². The Morgan fingerprint density at radius 2 is 1.80 bits per heavy atom. The molecule has 15 heavy (non-hydrogen) atoms. The van der Waals surface area contributed by atoms with Gasteiger partial charge in [-0.1, -0.05) is 36.4 Å². The van der Waals surface area contributed by atoms with E-state index in [1.54, 1.807) is 0 Å². The molecule has 76 valence electrons. The number of nitrogen functional groups attached to an aromatic ring is 1. The normalized spacial score (nSPS) is 9.93. The number of hydrogen-bond donors (Lipinski definition) is 2.